The maximum Gasteiger partial charge on any atom is 0.243 e. The van der Waals surface area contributed by atoms with Crippen molar-refractivity contribution in [2.45, 2.75) is 45.3 Å². The van der Waals surface area contributed by atoms with Gasteiger partial charge in [0, 0.05) is 17.8 Å². The van der Waals surface area contributed by atoms with Crippen molar-refractivity contribution in [1.29, 1.82) is 0 Å². The molecule has 0 aliphatic heterocycles. The first-order chi connectivity index (χ1) is 15.2. The number of ether oxygens (including phenoxy) is 2. The van der Waals surface area contributed by atoms with Gasteiger partial charge in [-0.05, 0) is 50.8 Å². The molecule has 3 rings (SSSR count). The summed E-state index contributed by atoms with van der Waals surface area (Å²) in [5.41, 5.74) is 1.72. The summed E-state index contributed by atoms with van der Waals surface area (Å²) in [5.74, 6) is 1.92. The molecule has 1 saturated carbocycles. The highest BCUT2D eigenvalue weighted by molar-refractivity contribution is 14.0. The Hall–Kier alpha value is -2.49. The molecule has 7 nitrogen and oxygen atoms in total. The minimum Gasteiger partial charge on any atom is -0.493 e. The molecule has 1 fully saturated rings. The summed E-state index contributed by atoms with van der Waals surface area (Å²) in [6.07, 6.45) is 4.77. The summed E-state index contributed by atoms with van der Waals surface area (Å²) in [6.45, 7) is 3.20. The lowest BCUT2D eigenvalue weighted by atomic mass is 10.1. The van der Waals surface area contributed by atoms with E-state index in [4.69, 9.17) is 9.47 Å². The Balaban J connectivity index is 0.00000363. The van der Waals surface area contributed by atoms with Crippen LogP contribution in [-0.2, 0) is 11.3 Å². The molecule has 0 atom stereocenters. The Kier molecular flexibility index (Phi) is 11.1. The molecular formula is C24H33IN4O3. The number of methoxy groups -OCH3 is 1. The number of benzene rings is 2. The molecule has 0 spiro atoms. The van der Waals surface area contributed by atoms with Crippen LogP contribution in [-0.4, -0.2) is 38.2 Å². The van der Waals surface area contributed by atoms with E-state index in [0.29, 0.717) is 19.0 Å². The Labute approximate surface area is 207 Å². The summed E-state index contributed by atoms with van der Waals surface area (Å²) in [4.78, 5) is 16.9. The maximum atomic E-state index is 12.2. The standard InChI is InChI=1S/C24H32N4O3.HI/c1-3-25-24(27-17-22(29)28-19-11-5-4-6-12-19)26-16-18-10-9-15-21(30-2)23(18)31-20-13-7-8-14-20;/h4-6,9-12,15,20H,3,7-8,13-14,16-17H2,1-2H3,(H,28,29)(H2,25,26,27);1H. The van der Waals surface area contributed by atoms with Crippen molar-refractivity contribution in [2.75, 3.05) is 25.5 Å². The summed E-state index contributed by atoms with van der Waals surface area (Å²) in [5, 5.41) is 9.12. The molecule has 1 aliphatic carbocycles. The van der Waals surface area contributed by atoms with Gasteiger partial charge >= 0.3 is 0 Å². The van der Waals surface area contributed by atoms with Gasteiger partial charge in [0.25, 0.3) is 0 Å². The number of nitrogens with one attached hydrogen (secondary N) is 3. The van der Waals surface area contributed by atoms with Crippen LogP contribution in [0.15, 0.2) is 53.5 Å². The van der Waals surface area contributed by atoms with Crippen LogP contribution in [0, 0.1) is 0 Å². The fourth-order valence-electron chi connectivity index (χ4n) is 3.55. The molecule has 3 N–H and O–H groups in total. The van der Waals surface area contributed by atoms with Gasteiger partial charge in [0.05, 0.1) is 26.3 Å². The van der Waals surface area contributed by atoms with Crippen molar-refractivity contribution >= 4 is 41.5 Å². The molecule has 8 heteroatoms. The molecular weight excluding hydrogens is 519 g/mol. The van der Waals surface area contributed by atoms with Gasteiger partial charge in [0.1, 0.15) is 0 Å². The number of amides is 1. The van der Waals surface area contributed by atoms with E-state index in [-0.39, 0.29) is 42.5 Å². The lowest BCUT2D eigenvalue weighted by molar-refractivity contribution is -0.115. The van der Waals surface area contributed by atoms with E-state index in [1.54, 1.807) is 7.11 Å². The number of aliphatic imine (C=N–C) groups is 1. The zero-order valence-corrected chi connectivity index (χ0v) is 21.1. The van der Waals surface area contributed by atoms with Crippen molar-refractivity contribution in [3.63, 3.8) is 0 Å². The first-order valence-corrected chi connectivity index (χ1v) is 10.9. The number of anilines is 1. The van der Waals surface area contributed by atoms with Crippen molar-refractivity contribution in [3.05, 3.63) is 54.1 Å². The maximum absolute atomic E-state index is 12.2. The minimum absolute atomic E-state index is 0. The van der Waals surface area contributed by atoms with Gasteiger partial charge in [-0.2, -0.15) is 0 Å². The lowest BCUT2D eigenvalue weighted by Gasteiger charge is -2.19. The summed E-state index contributed by atoms with van der Waals surface area (Å²) >= 11 is 0. The van der Waals surface area contributed by atoms with Crippen LogP contribution in [0.5, 0.6) is 11.5 Å². The second-order valence-corrected chi connectivity index (χ2v) is 7.44. The Morgan fingerprint density at radius 1 is 1.06 bits per heavy atom. The highest BCUT2D eigenvalue weighted by Gasteiger charge is 2.20. The van der Waals surface area contributed by atoms with E-state index < -0.39 is 0 Å². The van der Waals surface area contributed by atoms with E-state index in [9.17, 15) is 4.79 Å². The van der Waals surface area contributed by atoms with Gasteiger partial charge in [0.15, 0.2) is 17.5 Å². The Morgan fingerprint density at radius 2 is 1.81 bits per heavy atom. The van der Waals surface area contributed by atoms with Gasteiger partial charge in [-0.15, -0.1) is 24.0 Å². The van der Waals surface area contributed by atoms with Gasteiger partial charge in [-0.1, -0.05) is 30.3 Å². The quantitative estimate of drug-likeness (QED) is 0.245. The Morgan fingerprint density at radius 3 is 2.50 bits per heavy atom. The predicted molar refractivity (Wildman–Crippen MR) is 139 cm³/mol. The fourth-order valence-corrected chi connectivity index (χ4v) is 3.55. The smallest absolute Gasteiger partial charge is 0.243 e. The van der Waals surface area contributed by atoms with E-state index in [1.165, 1.54) is 12.8 Å². The monoisotopic (exact) mass is 552 g/mol. The van der Waals surface area contributed by atoms with Gasteiger partial charge < -0.3 is 25.4 Å². The Bertz CT molecular complexity index is 871. The van der Waals surface area contributed by atoms with E-state index in [0.717, 1.165) is 35.6 Å². The third-order valence-electron chi connectivity index (χ3n) is 5.09. The van der Waals surface area contributed by atoms with Crippen LogP contribution >= 0.6 is 24.0 Å². The molecule has 0 radical (unpaired) electrons. The van der Waals surface area contributed by atoms with Gasteiger partial charge in [0.2, 0.25) is 5.91 Å². The number of hydrogen-bond acceptors (Lipinski definition) is 4. The van der Waals surface area contributed by atoms with Crippen LogP contribution in [0.2, 0.25) is 0 Å². The molecule has 0 unspecified atom stereocenters. The van der Waals surface area contributed by atoms with Crippen molar-refractivity contribution < 1.29 is 14.3 Å². The van der Waals surface area contributed by atoms with Gasteiger partial charge in [-0.3, -0.25) is 4.79 Å². The van der Waals surface area contributed by atoms with Crippen molar-refractivity contribution in [1.82, 2.24) is 10.6 Å². The van der Waals surface area contributed by atoms with Gasteiger partial charge in [-0.25, -0.2) is 4.99 Å². The topological polar surface area (TPSA) is 84.0 Å². The number of rotatable bonds is 9. The highest BCUT2D eigenvalue weighted by Crippen LogP contribution is 2.35. The van der Waals surface area contributed by atoms with E-state index in [1.807, 2.05) is 55.5 Å². The number of guanidine groups is 1. The number of para-hydroxylation sites is 2. The largest absolute Gasteiger partial charge is 0.493 e. The number of halogens is 1. The van der Waals surface area contributed by atoms with E-state index in [2.05, 4.69) is 20.9 Å². The molecule has 0 saturated heterocycles. The van der Waals surface area contributed by atoms with Crippen LogP contribution < -0.4 is 25.4 Å². The molecule has 0 heterocycles. The van der Waals surface area contributed by atoms with Crippen LogP contribution in [0.1, 0.15) is 38.2 Å². The fraction of sp³-hybridized carbons (Fsp3) is 0.417. The number of hydrogen-bond donors (Lipinski definition) is 3. The molecule has 1 aliphatic rings. The second kappa shape index (κ2) is 13.8. The lowest BCUT2D eigenvalue weighted by Crippen LogP contribution is -2.41. The predicted octanol–water partition coefficient (Wildman–Crippen LogP) is 4.33. The summed E-state index contributed by atoms with van der Waals surface area (Å²) in [6, 6.07) is 15.2. The first-order valence-electron chi connectivity index (χ1n) is 10.9. The summed E-state index contributed by atoms with van der Waals surface area (Å²) in [7, 11) is 1.65. The third kappa shape index (κ3) is 7.89. The first kappa shape index (κ1) is 25.8. The third-order valence-corrected chi connectivity index (χ3v) is 5.09. The molecule has 0 aromatic heterocycles. The molecule has 0 bridgehead atoms. The normalized spacial score (nSPS) is 13.8. The number of carbonyl (C=O) groups excluding carboxylic acids is 1. The van der Waals surface area contributed by atoms with Crippen LogP contribution in [0.4, 0.5) is 5.69 Å². The number of carbonyl (C=O) groups is 1. The molecule has 174 valence electrons. The van der Waals surface area contributed by atoms with E-state index >= 15 is 0 Å². The highest BCUT2D eigenvalue weighted by atomic mass is 127. The summed E-state index contributed by atoms with van der Waals surface area (Å²) < 4.78 is 11.8. The average molecular weight is 552 g/mol. The second-order valence-electron chi connectivity index (χ2n) is 7.44. The zero-order valence-electron chi connectivity index (χ0n) is 18.7. The SMILES string of the molecule is CCNC(=NCc1cccc(OC)c1OC1CCCC1)NCC(=O)Nc1ccccc1.I. The minimum atomic E-state index is -0.136. The zero-order chi connectivity index (χ0) is 21.9. The van der Waals surface area contributed by atoms with Crippen LogP contribution in [0.25, 0.3) is 0 Å². The molecule has 1 amide bonds. The molecule has 2 aromatic carbocycles. The van der Waals surface area contributed by atoms with Crippen LogP contribution in [0.3, 0.4) is 0 Å². The number of nitrogens with zero attached hydrogens (tertiary/aromatic N) is 1. The molecule has 2 aromatic rings. The molecule has 32 heavy (non-hydrogen) atoms. The van der Waals surface area contributed by atoms with Crippen molar-refractivity contribution in [2.24, 2.45) is 4.99 Å². The van der Waals surface area contributed by atoms with Crippen molar-refractivity contribution in [3.8, 4) is 11.5 Å². The average Bonchev–Trinajstić information content (AvgIpc) is 3.30.